The highest BCUT2D eigenvalue weighted by molar-refractivity contribution is 7.15. The molecule has 0 aliphatic heterocycles. The van der Waals surface area contributed by atoms with E-state index in [1.165, 1.54) is 37.0 Å². The molecule has 94 valence electrons. The molecule has 0 bridgehead atoms. The Hall–Kier alpha value is -0.940. The van der Waals surface area contributed by atoms with E-state index < -0.39 is 0 Å². The van der Waals surface area contributed by atoms with E-state index in [0.29, 0.717) is 6.04 Å². The van der Waals surface area contributed by atoms with Gasteiger partial charge in [0, 0.05) is 23.5 Å². The standard InChI is InChI=1S/C12H18N2O2S/c1-9-3-2-4-10(7-9)13-8-11-5-6-12(17-11)14(15)16/h5-6,9-10,13H,2-4,7-8H2,1H3. The van der Waals surface area contributed by atoms with Crippen molar-refractivity contribution >= 4 is 16.3 Å². The van der Waals surface area contributed by atoms with Crippen molar-refractivity contribution in [3.8, 4) is 0 Å². The summed E-state index contributed by atoms with van der Waals surface area (Å²) < 4.78 is 0. The maximum absolute atomic E-state index is 10.6. The first-order valence-electron chi connectivity index (χ1n) is 6.11. The Morgan fingerprint density at radius 2 is 2.35 bits per heavy atom. The Bertz CT molecular complexity index is 392. The molecule has 1 aliphatic rings. The summed E-state index contributed by atoms with van der Waals surface area (Å²) >= 11 is 1.27. The molecule has 0 amide bonds. The summed E-state index contributed by atoms with van der Waals surface area (Å²) in [4.78, 5) is 11.3. The summed E-state index contributed by atoms with van der Waals surface area (Å²) in [6.45, 7) is 3.06. The summed E-state index contributed by atoms with van der Waals surface area (Å²) in [5.74, 6) is 0.805. The average Bonchev–Trinajstić information content (AvgIpc) is 2.75. The van der Waals surface area contributed by atoms with Crippen molar-refractivity contribution < 1.29 is 4.92 Å². The fraction of sp³-hybridized carbons (Fsp3) is 0.667. The Morgan fingerprint density at radius 1 is 1.53 bits per heavy atom. The normalized spacial score (nSPS) is 24.8. The fourth-order valence-corrected chi connectivity index (χ4v) is 3.20. The van der Waals surface area contributed by atoms with Crippen LogP contribution in [0.15, 0.2) is 12.1 Å². The van der Waals surface area contributed by atoms with E-state index in [9.17, 15) is 10.1 Å². The second-order valence-corrected chi connectivity index (χ2v) is 5.99. The molecule has 0 spiro atoms. The van der Waals surface area contributed by atoms with Crippen LogP contribution >= 0.6 is 11.3 Å². The molecule has 0 aromatic carbocycles. The van der Waals surface area contributed by atoms with E-state index in [1.54, 1.807) is 6.07 Å². The molecule has 17 heavy (non-hydrogen) atoms. The first-order chi connectivity index (χ1) is 8.15. The highest BCUT2D eigenvalue weighted by Gasteiger charge is 2.18. The minimum atomic E-state index is -0.323. The molecule has 0 radical (unpaired) electrons. The van der Waals surface area contributed by atoms with Gasteiger partial charge in [-0.25, -0.2) is 0 Å². The van der Waals surface area contributed by atoms with Crippen LogP contribution in [0, 0.1) is 16.0 Å². The van der Waals surface area contributed by atoms with Crippen LogP contribution < -0.4 is 5.32 Å². The molecule has 1 saturated carbocycles. The molecule has 1 heterocycles. The summed E-state index contributed by atoms with van der Waals surface area (Å²) in [7, 11) is 0. The Balaban J connectivity index is 1.82. The van der Waals surface area contributed by atoms with Gasteiger partial charge in [0.15, 0.2) is 0 Å². The van der Waals surface area contributed by atoms with Gasteiger partial charge in [-0.1, -0.05) is 31.1 Å². The molecule has 2 unspecified atom stereocenters. The van der Waals surface area contributed by atoms with Crippen LogP contribution in [0.25, 0.3) is 0 Å². The molecule has 5 heteroatoms. The van der Waals surface area contributed by atoms with Gasteiger partial charge in [-0.2, -0.15) is 0 Å². The molecule has 1 N–H and O–H groups in total. The number of rotatable bonds is 4. The molecule has 1 fully saturated rings. The lowest BCUT2D eigenvalue weighted by molar-refractivity contribution is -0.380. The predicted octanol–water partition coefficient (Wildman–Crippen LogP) is 3.32. The van der Waals surface area contributed by atoms with Crippen LogP contribution in [-0.4, -0.2) is 11.0 Å². The lowest BCUT2D eigenvalue weighted by Gasteiger charge is -2.27. The molecule has 4 nitrogen and oxygen atoms in total. The van der Waals surface area contributed by atoms with Crippen molar-refractivity contribution in [1.29, 1.82) is 0 Å². The quantitative estimate of drug-likeness (QED) is 0.662. The summed E-state index contributed by atoms with van der Waals surface area (Å²) in [6, 6.07) is 4.02. The SMILES string of the molecule is CC1CCCC(NCc2ccc([N+](=O)[O-])s2)C1. The summed E-state index contributed by atoms with van der Waals surface area (Å²) in [6.07, 6.45) is 5.09. The van der Waals surface area contributed by atoms with E-state index in [-0.39, 0.29) is 9.92 Å². The van der Waals surface area contributed by atoms with Gasteiger partial charge in [-0.3, -0.25) is 10.1 Å². The second-order valence-electron chi connectivity index (χ2n) is 4.85. The van der Waals surface area contributed by atoms with Gasteiger partial charge in [-0.05, 0) is 24.8 Å². The van der Waals surface area contributed by atoms with Gasteiger partial charge >= 0.3 is 5.00 Å². The van der Waals surface area contributed by atoms with Gasteiger partial charge in [0.25, 0.3) is 0 Å². The smallest absolute Gasteiger partial charge is 0.309 e. The number of nitro groups is 1. The molecular formula is C12H18N2O2S. The van der Waals surface area contributed by atoms with E-state index in [1.807, 2.05) is 6.07 Å². The Labute approximate surface area is 105 Å². The number of nitrogens with one attached hydrogen (secondary N) is 1. The first kappa shape index (κ1) is 12.5. The number of thiophene rings is 1. The second kappa shape index (κ2) is 5.60. The lowest BCUT2D eigenvalue weighted by atomic mass is 9.87. The van der Waals surface area contributed by atoms with E-state index in [4.69, 9.17) is 0 Å². The fourth-order valence-electron chi connectivity index (χ4n) is 2.42. The topological polar surface area (TPSA) is 55.2 Å². The third-order valence-electron chi connectivity index (χ3n) is 3.33. The summed E-state index contributed by atoms with van der Waals surface area (Å²) in [5, 5.41) is 14.3. The van der Waals surface area contributed by atoms with Crippen molar-refractivity contribution in [3.63, 3.8) is 0 Å². The van der Waals surface area contributed by atoms with E-state index in [2.05, 4.69) is 12.2 Å². The van der Waals surface area contributed by atoms with Crippen LogP contribution in [-0.2, 0) is 6.54 Å². The minimum absolute atomic E-state index is 0.235. The van der Waals surface area contributed by atoms with Crippen molar-refractivity contribution in [1.82, 2.24) is 5.32 Å². The monoisotopic (exact) mass is 254 g/mol. The van der Waals surface area contributed by atoms with Crippen LogP contribution in [0.3, 0.4) is 0 Å². The van der Waals surface area contributed by atoms with Crippen molar-refractivity contribution in [2.24, 2.45) is 5.92 Å². The molecule has 2 atom stereocenters. The molecule has 0 saturated heterocycles. The molecular weight excluding hydrogens is 236 g/mol. The molecule has 1 aromatic heterocycles. The Morgan fingerprint density at radius 3 is 3.00 bits per heavy atom. The van der Waals surface area contributed by atoms with Gasteiger partial charge in [-0.15, -0.1) is 0 Å². The number of nitrogens with zero attached hydrogens (tertiary/aromatic N) is 1. The van der Waals surface area contributed by atoms with Gasteiger partial charge in [0.2, 0.25) is 0 Å². The maximum Gasteiger partial charge on any atom is 0.324 e. The highest BCUT2D eigenvalue weighted by Crippen LogP contribution is 2.26. The van der Waals surface area contributed by atoms with Crippen LogP contribution in [0.5, 0.6) is 0 Å². The molecule has 1 aromatic rings. The number of hydrogen-bond acceptors (Lipinski definition) is 4. The lowest BCUT2D eigenvalue weighted by Crippen LogP contribution is -2.32. The third-order valence-corrected chi connectivity index (χ3v) is 4.37. The zero-order valence-electron chi connectivity index (χ0n) is 10.0. The molecule has 1 aliphatic carbocycles. The zero-order chi connectivity index (χ0) is 12.3. The van der Waals surface area contributed by atoms with Gasteiger partial charge in [0.05, 0.1) is 4.92 Å². The third kappa shape index (κ3) is 3.51. The highest BCUT2D eigenvalue weighted by atomic mass is 32.1. The first-order valence-corrected chi connectivity index (χ1v) is 6.93. The Kier molecular flexibility index (Phi) is 4.12. The maximum atomic E-state index is 10.6. The minimum Gasteiger partial charge on any atom is -0.309 e. The van der Waals surface area contributed by atoms with Crippen molar-refractivity contribution in [3.05, 3.63) is 27.1 Å². The van der Waals surface area contributed by atoms with Crippen LogP contribution in [0.1, 0.15) is 37.5 Å². The zero-order valence-corrected chi connectivity index (χ0v) is 10.8. The largest absolute Gasteiger partial charge is 0.324 e. The predicted molar refractivity (Wildman–Crippen MR) is 69.2 cm³/mol. The van der Waals surface area contributed by atoms with Crippen LogP contribution in [0.2, 0.25) is 0 Å². The molecule has 2 rings (SSSR count). The average molecular weight is 254 g/mol. The summed E-state index contributed by atoms with van der Waals surface area (Å²) in [5.41, 5.74) is 0. The van der Waals surface area contributed by atoms with Crippen molar-refractivity contribution in [2.45, 2.75) is 45.2 Å². The van der Waals surface area contributed by atoms with E-state index in [0.717, 1.165) is 17.3 Å². The number of hydrogen-bond donors (Lipinski definition) is 1. The van der Waals surface area contributed by atoms with E-state index >= 15 is 0 Å². The van der Waals surface area contributed by atoms with Gasteiger partial charge in [0.1, 0.15) is 0 Å². The van der Waals surface area contributed by atoms with Crippen molar-refractivity contribution in [2.75, 3.05) is 0 Å². The van der Waals surface area contributed by atoms with Crippen LogP contribution in [0.4, 0.5) is 5.00 Å². The van der Waals surface area contributed by atoms with Gasteiger partial charge < -0.3 is 5.32 Å².